The van der Waals surface area contributed by atoms with Gasteiger partial charge in [-0.05, 0) is 36.5 Å². The van der Waals surface area contributed by atoms with E-state index in [1.54, 1.807) is 0 Å². The number of benzene rings is 1. The van der Waals surface area contributed by atoms with E-state index < -0.39 is 0 Å². The van der Waals surface area contributed by atoms with Gasteiger partial charge >= 0.3 is 0 Å². The number of nitrogens with two attached hydrogens (primary N) is 1. The van der Waals surface area contributed by atoms with Gasteiger partial charge in [-0.3, -0.25) is 0 Å². The first-order valence-electron chi connectivity index (χ1n) is 6.21. The quantitative estimate of drug-likeness (QED) is 0.818. The van der Waals surface area contributed by atoms with Crippen molar-refractivity contribution in [3.8, 4) is 0 Å². The summed E-state index contributed by atoms with van der Waals surface area (Å²) in [5.41, 5.74) is 10.1. The van der Waals surface area contributed by atoms with Crippen LogP contribution in [0.1, 0.15) is 50.2 Å². The molecule has 0 saturated carbocycles. The van der Waals surface area contributed by atoms with E-state index in [1.165, 1.54) is 16.8 Å². The van der Waals surface area contributed by atoms with Gasteiger partial charge in [0, 0.05) is 24.2 Å². The van der Waals surface area contributed by atoms with E-state index in [9.17, 15) is 0 Å². The van der Waals surface area contributed by atoms with Crippen molar-refractivity contribution >= 4 is 5.69 Å². The first-order chi connectivity index (χ1) is 7.58. The maximum atomic E-state index is 5.90. The monoisotopic (exact) mass is 218 g/mol. The standard InChI is InChI=1S/C14H22N2/c1-9(2)11-4-5-14-13(7-11)12(8-16-14)6-10(3)15/h4-5,7,9-10,12,16H,6,8,15H2,1-3H3. The molecule has 2 nitrogen and oxygen atoms in total. The van der Waals surface area contributed by atoms with Crippen LogP contribution in [-0.4, -0.2) is 12.6 Å². The largest absolute Gasteiger partial charge is 0.384 e. The molecule has 2 atom stereocenters. The lowest BCUT2D eigenvalue weighted by Crippen LogP contribution is -2.19. The molecule has 0 saturated heterocycles. The Morgan fingerprint density at radius 2 is 2.12 bits per heavy atom. The van der Waals surface area contributed by atoms with Crippen LogP contribution in [0.15, 0.2) is 18.2 Å². The zero-order chi connectivity index (χ0) is 11.7. The van der Waals surface area contributed by atoms with Crippen LogP contribution in [0.3, 0.4) is 0 Å². The summed E-state index contributed by atoms with van der Waals surface area (Å²) >= 11 is 0. The normalized spacial score (nSPS) is 20.7. The molecular weight excluding hydrogens is 196 g/mol. The molecule has 2 unspecified atom stereocenters. The summed E-state index contributed by atoms with van der Waals surface area (Å²) in [6.45, 7) is 7.61. The Morgan fingerprint density at radius 1 is 1.38 bits per heavy atom. The molecule has 0 spiro atoms. The average Bonchev–Trinajstić information content (AvgIpc) is 2.60. The van der Waals surface area contributed by atoms with Crippen LogP contribution < -0.4 is 11.1 Å². The van der Waals surface area contributed by atoms with Crippen molar-refractivity contribution in [1.29, 1.82) is 0 Å². The van der Waals surface area contributed by atoms with Gasteiger partial charge in [0.05, 0.1) is 0 Å². The van der Waals surface area contributed by atoms with Crippen LogP contribution in [0.4, 0.5) is 5.69 Å². The summed E-state index contributed by atoms with van der Waals surface area (Å²) < 4.78 is 0. The molecule has 0 fully saturated rings. The van der Waals surface area contributed by atoms with E-state index in [1.807, 2.05) is 0 Å². The molecule has 1 aromatic rings. The molecule has 1 heterocycles. The Hall–Kier alpha value is -1.02. The molecule has 2 heteroatoms. The number of hydrogen-bond donors (Lipinski definition) is 2. The zero-order valence-corrected chi connectivity index (χ0v) is 10.5. The minimum Gasteiger partial charge on any atom is -0.384 e. The van der Waals surface area contributed by atoms with Crippen molar-refractivity contribution in [1.82, 2.24) is 0 Å². The fourth-order valence-electron chi connectivity index (χ4n) is 2.44. The van der Waals surface area contributed by atoms with Gasteiger partial charge in [-0.15, -0.1) is 0 Å². The molecule has 0 bridgehead atoms. The Morgan fingerprint density at radius 3 is 2.75 bits per heavy atom. The Labute approximate surface area is 98.2 Å². The van der Waals surface area contributed by atoms with Gasteiger partial charge < -0.3 is 11.1 Å². The van der Waals surface area contributed by atoms with E-state index in [4.69, 9.17) is 5.73 Å². The third kappa shape index (κ3) is 2.22. The second-order valence-electron chi connectivity index (χ2n) is 5.29. The van der Waals surface area contributed by atoms with Gasteiger partial charge in [-0.25, -0.2) is 0 Å². The van der Waals surface area contributed by atoms with Crippen LogP contribution in [0.5, 0.6) is 0 Å². The highest BCUT2D eigenvalue weighted by atomic mass is 14.9. The molecule has 88 valence electrons. The van der Waals surface area contributed by atoms with Gasteiger partial charge in [0.1, 0.15) is 0 Å². The van der Waals surface area contributed by atoms with E-state index in [0.29, 0.717) is 11.8 Å². The van der Waals surface area contributed by atoms with Crippen LogP contribution in [-0.2, 0) is 0 Å². The highest BCUT2D eigenvalue weighted by Gasteiger charge is 2.23. The summed E-state index contributed by atoms with van der Waals surface area (Å²) in [6, 6.07) is 7.07. The Bertz CT molecular complexity index is 369. The lowest BCUT2D eigenvalue weighted by molar-refractivity contribution is 0.583. The summed E-state index contributed by atoms with van der Waals surface area (Å²) in [5.74, 6) is 1.19. The van der Waals surface area contributed by atoms with Crippen molar-refractivity contribution < 1.29 is 0 Å². The fraction of sp³-hybridized carbons (Fsp3) is 0.571. The van der Waals surface area contributed by atoms with Gasteiger partial charge in [0.2, 0.25) is 0 Å². The molecule has 0 amide bonds. The molecule has 2 rings (SSSR count). The van der Waals surface area contributed by atoms with Crippen LogP contribution in [0, 0.1) is 0 Å². The molecule has 0 aliphatic carbocycles. The van der Waals surface area contributed by atoms with Crippen molar-refractivity contribution in [3.05, 3.63) is 29.3 Å². The first-order valence-corrected chi connectivity index (χ1v) is 6.21. The van der Waals surface area contributed by atoms with Gasteiger partial charge in [-0.1, -0.05) is 26.0 Å². The van der Waals surface area contributed by atoms with Crippen molar-refractivity contribution in [2.24, 2.45) is 5.73 Å². The highest BCUT2D eigenvalue weighted by Crippen LogP contribution is 2.36. The van der Waals surface area contributed by atoms with Crippen LogP contribution >= 0.6 is 0 Å². The molecule has 1 aliphatic rings. The van der Waals surface area contributed by atoms with E-state index >= 15 is 0 Å². The number of rotatable bonds is 3. The van der Waals surface area contributed by atoms with E-state index in [2.05, 4.69) is 44.3 Å². The summed E-state index contributed by atoms with van der Waals surface area (Å²) in [5, 5.41) is 3.47. The second kappa shape index (κ2) is 4.46. The Balaban J connectivity index is 2.26. The predicted molar refractivity (Wildman–Crippen MR) is 70.0 cm³/mol. The number of anilines is 1. The first kappa shape index (κ1) is 11.5. The van der Waals surface area contributed by atoms with Crippen molar-refractivity contribution in [2.45, 2.75) is 45.1 Å². The summed E-state index contributed by atoms with van der Waals surface area (Å²) in [7, 11) is 0. The SMILES string of the molecule is CC(N)CC1CNc2ccc(C(C)C)cc21. The van der Waals surface area contributed by atoms with Crippen molar-refractivity contribution in [2.75, 3.05) is 11.9 Å². The Kier molecular flexibility index (Phi) is 3.20. The molecule has 1 aliphatic heterocycles. The molecule has 3 N–H and O–H groups in total. The average molecular weight is 218 g/mol. The molecule has 0 aromatic heterocycles. The molecule has 1 aromatic carbocycles. The summed E-state index contributed by atoms with van der Waals surface area (Å²) in [4.78, 5) is 0. The second-order valence-corrected chi connectivity index (χ2v) is 5.29. The maximum absolute atomic E-state index is 5.90. The topological polar surface area (TPSA) is 38.0 Å². The molecular formula is C14H22N2. The third-order valence-electron chi connectivity index (χ3n) is 3.38. The van der Waals surface area contributed by atoms with Gasteiger partial charge in [0.15, 0.2) is 0 Å². The van der Waals surface area contributed by atoms with Crippen molar-refractivity contribution in [3.63, 3.8) is 0 Å². The highest BCUT2D eigenvalue weighted by molar-refractivity contribution is 5.59. The van der Waals surface area contributed by atoms with E-state index in [-0.39, 0.29) is 6.04 Å². The zero-order valence-electron chi connectivity index (χ0n) is 10.5. The van der Waals surface area contributed by atoms with Crippen LogP contribution in [0.2, 0.25) is 0 Å². The summed E-state index contributed by atoms with van der Waals surface area (Å²) in [6.07, 6.45) is 1.07. The fourth-order valence-corrected chi connectivity index (χ4v) is 2.44. The lowest BCUT2D eigenvalue weighted by atomic mass is 9.91. The van der Waals surface area contributed by atoms with Gasteiger partial charge in [0.25, 0.3) is 0 Å². The predicted octanol–water partition coefficient (Wildman–Crippen LogP) is 3.06. The third-order valence-corrected chi connectivity index (χ3v) is 3.38. The number of fused-ring (bicyclic) bond motifs is 1. The van der Waals surface area contributed by atoms with E-state index in [0.717, 1.165) is 13.0 Å². The minimum absolute atomic E-state index is 0.278. The molecule has 0 radical (unpaired) electrons. The smallest absolute Gasteiger partial charge is 0.0376 e. The number of hydrogen-bond acceptors (Lipinski definition) is 2. The number of nitrogens with one attached hydrogen (secondary N) is 1. The van der Waals surface area contributed by atoms with Gasteiger partial charge in [-0.2, -0.15) is 0 Å². The maximum Gasteiger partial charge on any atom is 0.0376 e. The van der Waals surface area contributed by atoms with Crippen LogP contribution in [0.25, 0.3) is 0 Å². The lowest BCUT2D eigenvalue weighted by Gasteiger charge is -2.14. The minimum atomic E-state index is 0.278. The molecule has 16 heavy (non-hydrogen) atoms.